The summed E-state index contributed by atoms with van der Waals surface area (Å²) in [6, 6.07) is 6.56. The Bertz CT molecular complexity index is 428. The lowest BCUT2D eigenvalue weighted by Gasteiger charge is -2.26. The molecule has 2 unspecified atom stereocenters. The van der Waals surface area contributed by atoms with Crippen molar-refractivity contribution in [1.82, 2.24) is 4.90 Å². The standard InChI is InChI=1S/C15H23FN2O.ClH/c1-11(15(19)18(3)12(2)10-17)7-8-13-5-4-6-14(16)9-13;/h4-6,9,11-12H,7-8,10,17H2,1-3H3;1H. The number of carbonyl (C=O) groups is 1. The molecule has 2 N–H and O–H groups in total. The molecule has 0 fully saturated rings. The summed E-state index contributed by atoms with van der Waals surface area (Å²) >= 11 is 0. The molecule has 20 heavy (non-hydrogen) atoms. The van der Waals surface area contributed by atoms with E-state index < -0.39 is 0 Å². The van der Waals surface area contributed by atoms with Gasteiger partial charge < -0.3 is 10.6 Å². The molecule has 0 bridgehead atoms. The topological polar surface area (TPSA) is 46.3 Å². The van der Waals surface area contributed by atoms with Gasteiger partial charge in [-0.25, -0.2) is 4.39 Å². The number of nitrogens with two attached hydrogens (primary N) is 1. The molecule has 0 saturated carbocycles. The number of likely N-dealkylation sites (N-methyl/N-ethyl adjacent to an activating group) is 1. The number of hydrogen-bond acceptors (Lipinski definition) is 2. The van der Waals surface area contributed by atoms with Crippen molar-refractivity contribution >= 4 is 18.3 Å². The van der Waals surface area contributed by atoms with E-state index in [1.54, 1.807) is 18.0 Å². The molecule has 0 saturated heterocycles. The van der Waals surface area contributed by atoms with Crippen LogP contribution in [-0.4, -0.2) is 30.4 Å². The summed E-state index contributed by atoms with van der Waals surface area (Å²) in [5.74, 6) is -0.220. The van der Waals surface area contributed by atoms with Gasteiger partial charge in [0.1, 0.15) is 5.82 Å². The van der Waals surface area contributed by atoms with Gasteiger partial charge in [-0.15, -0.1) is 12.4 Å². The SMILES string of the molecule is CC(CCc1cccc(F)c1)C(=O)N(C)C(C)CN.Cl. The van der Waals surface area contributed by atoms with Gasteiger partial charge in [-0.2, -0.15) is 0 Å². The molecule has 2 atom stereocenters. The summed E-state index contributed by atoms with van der Waals surface area (Å²) in [5, 5.41) is 0. The van der Waals surface area contributed by atoms with Crippen molar-refractivity contribution in [2.45, 2.75) is 32.7 Å². The first-order valence-corrected chi connectivity index (χ1v) is 6.67. The third-order valence-corrected chi connectivity index (χ3v) is 3.53. The number of halogens is 2. The van der Waals surface area contributed by atoms with Crippen LogP contribution < -0.4 is 5.73 Å². The minimum atomic E-state index is -0.231. The molecule has 1 amide bonds. The van der Waals surface area contributed by atoms with Crippen LogP contribution in [0.4, 0.5) is 4.39 Å². The van der Waals surface area contributed by atoms with Gasteiger partial charge in [0.15, 0.2) is 0 Å². The normalized spacial score (nSPS) is 13.2. The average Bonchev–Trinajstić information content (AvgIpc) is 2.42. The highest BCUT2D eigenvalue weighted by Gasteiger charge is 2.20. The minimum absolute atomic E-state index is 0. The molecule has 0 aliphatic heterocycles. The van der Waals surface area contributed by atoms with Gasteiger partial charge in [0.25, 0.3) is 0 Å². The number of hydrogen-bond donors (Lipinski definition) is 1. The molecule has 1 aromatic rings. The van der Waals surface area contributed by atoms with Crippen LogP contribution in [0.25, 0.3) is 0 Å². The predicted octanol–water partition coefficient (Wildman–Crippen LogP) is 2.62. The highest BCUT2D eigenvalue weighted by Crippen LogP contribution is 2.14. The number of nitrogens with zero attached hydrogens (tertiary/aromatic N) is 1. The Balaban J connectivity index is 0.00000361. The first-order chi connectivity index (χ1) is 8.95. The second-order valence-electron chi connectivity index (χ2n) is 5.10. The smallest absolute Gasteiger partial charge is 0.225 e. The van der Waals surface area contributed by atoms with Crippen LogP contribution in [0.15, 0.2) is 24.3 Å². The summed E-state index contributed by atoms with van der Waals surface area (Å²) in [4.78, 5) is 13.8. The Morgan fingerprint density at radius 3 is 2.60 bits per heavy atom. The van der Waals surface area contributed by atoms with Crippen LogP contribution in [0, 0.1) is 11.7 Å². The van der Waals surface area contributed by atoms with Gasteiger partial charge in [0, 0.05) is 25.6 Å². The van der Waals surface area contributed by atoms with Crippen LogP contribution in [0.5, 0.6) is 0 Å². The molecule has 0 aliphatic rings. The van der Waals surface area contributed by atoms with E-state index in [0.29, 0.717) is 19.4 Å². The maximum atomic E-state index is 13.0. The Kier molecular flexibility index (Phi) is 8.42. The highest BCUT2D eigenvalue weighted by molar-refractivity contribution is 5.85. The zero-order valence-electron chi connectivity index (χ0n) is 12.3. The lowest BCUT2D eigenvalue weighted by molar-refractivity contribution is -0.135. The van der Waals surface area contributed by atoms with Crippen molar-refractivity contribution in [1.29, 1.82) is 0 Å². The number of amides is 1. The molecule has 5 heteroatoms. The van der Waals surface area contributed by atoms with E-state index in [1.165, 1.54) is 12.1 Å². The monoisotopic (exact) mass is 302 g/mol. The second kappa shape index (κ2) is 8.93. The van der Waals surface area contributed by atoms with Crippen LogP contribution in [0.3, 0.4) is 0 Å². The maximum Gasteiger partial charge on any atom is 0.225 e. The van der Waals surface area contributed by atoms with Crippen molar-refractivity contribution in [3.8, 4) is 0 Å². The lowest BCUT2D eigenvalue weighted by Crippen LogP contribution is -2.42. The number of carbonyl (C=O) groups excluding carboxylic acids is 1. The summed E-state index contributed by atoms with van der Waals surface area (Å²) in [5.41, 5.74) is 6.48. The number of benzene rings is 1. The molecule has 0 aliphatic carbocycles. The van der Waals surface area contributed by atoms with Gasteiger partial charge in [-0.05, 0) is 37.5 Å². The third kappa shape index (κ3) is 5.47. The Hall–Kier alpha value is -1.13. The van der Waals surface area contributed by atoms with E-state index in [4.69, 9.17) is 5.73 Å². The largest absolute Gasteiger partial charge is 0.342 e. The lowest BCUT2D eigenvalue weighted by atomic mass is 9.99. The Morgan fingerprint density at radius 1 is 1.40 bits per heavy atom. The predicted molar refractivity (Wildman–Crippen MR) is 82.4 cm³/mol. The summed E-state index contributed by atoms with van der Waals surface area (Å²) in [6.07, 6.45) is 1.42. The van der Waals surface area contributed by atoms with Crippen LogP contribution in [-0.2, 0) is 11.2 Å². The van der Waals surface area contributed by atoms with Crippen molar-refractivity contribution in [3.05, 3.63) is 35.6 Å². The summed E-state index contributed by atoms with van der Waals surface area (Å²) in [7, 11) is 1.78. The molecule has 0 aromatic heterocycles. The molecule has 0 radical (unpaired) electrons. The fourth-order valence-corrected chi connectivity index (χ4v) is 1.92. The van der Waals surface area contributed by atoms with E-state index in [2.05, 4.69) is 0 Å². The first kappa shape index (κ1) is 18.9. The minimum Gasteiger partial charge on any atom is -0.342 e. The van der Waals surface area contributed by atoms with Crippen molar-refractivity contribution in [2.24, 2.45) is 11.7 Å². The first-order valence-electron chi connectivity index (χ1n) is 6.67. The van der Waals surface area contributed by atoms with Crippen LogP contribution in [0.1, 0.15) is 25.8 Å². The van der Waals surface area contributed by atoms with E-state index in [-0.39, 0.29) is 36.1 Å². The third-order valence-electron chi connectivity index (χ3n) is 3.53. The van der Waals surface area contributed by atoms with E-state index >= 15 is 0 Å². The molecule has 3 nitrogen and oxygen atoms in total. The van der Waals surface area contributed by atoms with Crippen molar-refractivity contribution in [3.63, 3.8) is 0 Å². The fraction of sp³-hybridized carbons (Fsp3) is 0.533. The zero-order chi connectivity index (χ0) is 14.4. The van der Waals surface area contributed by atoms with Gasteiger partial charge in [0.2, 0.25) is 5.91 Å². The van der Waals surface area contributed by atoms with Gasteiger partial charge in [0.05, 0.1) is 0 Å². The van der Waals surface area contributed by atoms with Gasteiger partial charge in [-0.3, -0.25) is 4.79 Å². The summed E-state index contributed by atoms with van der Waals surface area (Å²) < 4.78 is 13.0. The zero-order valence-corrected chi connectivity index (χ0v) is 13.1. The second-order valence-corrected chi connectivity index (χ2v) is 5.10. The molecule has 0 heterocycles. The number of rotatable bonds is 6. The molecule has 0 spiro atoms. The van der Waals surface area contributed by atoms with Crippen LogP contribution in [0.2, 0.25) is 0 Å². The van der Waals surface area contributed by atoms with Crippen LogP contribution >= 0.6 is 12.4 Å². The average molecular weight is 303 g/mol. The van der Waals surface area contributed by atoms with E-state index in [9.17, 15) is 9.18 Å². The molecular formula is C15H24ClFN2O. The molecule has 114 valence electrons. The van der Waals surface area contributed by atoms with Crippen molar-refractivity contribution < 1.29 is 9.18 Å². The highest BCUT2D eigenvalue weighted by atomic mass is 35.5. The Morgan fingerprint density at radius 2 is 2.05 bits per heavy atom. The molecular weight excluding hydrogens is 279 g/mol. The fourth-order valence-electron chi connectivity index (χ4n) is 1.92. The molecule has 1 aromatic carbocycles. The van der Waals surface area contributed by atoms with E-state index in [0.717, 1.165) is 5.56 Å². The maximum absolute atomic E-state index is 13.0. The van der Waals surface area contributed by atoms with Gasteiger partial charge in [-0.1, -0.05) is 19.1 Å². The Labute approximate surface area is 126 Å². The van der Waals surface area contributed by atoms with Gasteiger partial charge >= 0.3 is 0 Å². The number of aryl methyl sites for hydroxylation is 1. The van der Waals surface area contributed by atoms with E-state index in [1.807, 2.05) is 19.9 Å². The summed E-state index contributed by atoms with van der Waals surface area (Å²) in [6.45, 7) is 4.29. The van der Waals surface area contributed by atoms with Crippen molar-refractivity contribution in [2.75, 3.05) is 13.6 Å². The quantitative estimate of drug-likeness (QED) is 0.878. The molecule has 1 rings (SSSR count).